The largest absolute Gasteiger partial charge is 0.341 e. The van der Waals surface area contributed by atoms with Crippen LogP contribution in [-0.4, -0.2) is 36.5 Å². The first-order valence-corrected chi connectivity index (χ1v) is 8.83. The van der Waals surface area contributed by atoms with Crippen molar-refractivity contribution in [2.75, 3.05) is 19.6 Å². The molecule has 0 radical (unpaired) electrons. The van der Waals surface area contributed by atoms with Gasteiger partial charge in [-0.15, -0.1) is 11.3 Å². The van der Waals surface area contributed by atoms with Crippen LogP contribution in [0.15, 0.2) is 12.1 Å². The number of halogens is 1. The Morgan fingerprint density at radius 3 is 2.95 bits per heavy atom. The molecule has 0 unspecified atom stereocenters. The molecule has 0 aliphatic carbocycles. The zero-order chi connectivity index (χ0) is 15.9. The fraction of sp³-hybridized carbons (Fsp3) is 0.600. The molecule has 1 aliphatic rings. The molecule has 122 valence electrons. The summed E-state index contributed by atoms with van der Waals surface area (Å²) in [4.78, 5) is 26.6. The number of urea groups is 1. The number of thiophene rings is 1. The van der Waals surface area contributed by atoms with E-state index < -0.39 is 0 Å². The molecule has 3 amide bonds. The highest BCUT2D eigenvalue weighted by Crippen LogP contribution is 2.26. The Balaban J connectivity index is 1.70. The molecule has 0 spiro atoms. The maximum Gasteiger partial charge on any atom is 0.315 e. The SMILES string of the molecule is C[C@@H](NC(=O)NCCN1CCCCCC1=O)c1ccc(Cl)s1. The molecule has 1 aromatic rings. The maximum absolute atomic E-state index is 11.9. The molecule has 1 saturated heterocycles. The van der Waals surface area contributed by atoms with E-state index in [1.165, 1.54) is 11.3 Å². The molecular weight excluding hydrogens is 322 g/mol. The van der Waals surface area contributed by atoms with Crippen molar-refractivity contribution in [1.82, 2.24) is 15.5 Å². The first-order valence-electron chi connectivity index (χ1n) is 7.63. The van der Waals surface area contributed by atoms with E-state index in [2.05, 4.69) is 10.6 Å². The van der Waals surface area contributed by atoms with Gasteiger partial charge in [0.1, 0.15) is 0 Å². The summed E-state index contributed by atoms with van der Waals surface area (Å²) in [6.07, 6.45) is 3.76. The van der Waals surface area contributed by atoms with Crippen LogP contribution >= 0.6 is 22.9 Å². The van der Waals surface area contributed by atoms with Crippen molar-refractivity contribution in [3.63, 3.8) is 0 Å². The number of nitrogens with one attached hydrogen (secondary N) is 2. The van der Waals surface area contributed by atoms with Crippen LogP contribution in [0.25, 0.3) is 0 Å². The lowest BCUT2D eigenvalue weighted by molar-refractivity contribution is -0.130. The molecule has 1 atom stereocenters. The van der Waals surface area contributed by atoms with Gasteiger partial charge in [0, 0.05) is 30.9 Å². The van der Waals surface area contributed by atoms with Crippen LogP contribution in [0.3, 0.4) is 0 Å². The Morgan fingerprint density at radius 1 is 1.41 bits per heavy atom. The summed E-state index contributed by atoms with van der Waals surface area (Å²) in [7, 11) is 0. The van der Waals surface area contributed by atoms with E-state index in [0.717, 1.165) is 30.7 Å². The molecule has 7 heteroatoms. The van der Waals surface area contributed by atoms with Gasteiger partial charge in [0.05, 0.1) is 10.4 Å². The third-order valence-electron chi connectivity index (χ3n) is 3.71. The minimum absolute atomic E-state index is 0.0858. The highest BCUT2D eigenvalue weighted by atomic mass is 35.5. The lowest BCUT2D eigenvalue weighted by atomic mass is 10.2. The van der Waals surface area contributed by atoms with E-state index in [0.29, 0.717) is 23.8 Å². The second-order valence-corrected chi connectivity index (χ2v) is 7.20. The first kappa shape index (κ1) is 17.1. The van der Waals surface area contributed by atoms with Gasteiger partial charge in [-0.2, -0.15) is 0 Å². The number of carbonyl (C=O) groups is 2. The van der Waals surface area contributed by atoms with Gasteiger partial charge >= 0.3 is 6.03 Å². The van der Waals surface area contributed by atoms with E-state index in [4.69, 9.17) is 11.6 Å². The fourth-order valence-corrected chi connectivity index (χ4v) is 3.52. The predicted molar refractivity (Wildman–Crippen MR) is 89.3 cm³/mol. The van der Waals surface area contributed by atoms with Crippen LogP contribution < -0.4 is 10.6 Å². The molecule has 2 heterocycles. The van der Waals surface area contributed by atoms with Crippen molar-refractivity contribution < 1.29 is 9.59 Å². The zero-order valence-corrected chi connectivity index (χ0v) is 14.3. The minimum Gasteiger partial charge on any atom is -0.341 e. The molecule has 1 fully saturated rings. The summed E-state index contributed by atoms with van der Waals surface area (Å²) in [6, 6.07) is 3.42. The highest BCUT2D eigenvalue weighted by molar-refractivity contribution is 7.16. The van der Waals surface area contributed by atoms with Gasteiger partial charge in [-0.3, -0.25) is 4.79 Å². The third-order valence-corrected chi connectivity index (χ3v) is 5.12. The van der Waals surface area contributed by atoms with Crippen LogP contribution in [-0.2, 0) is 4.79 Å². The number of amides is 3. The lowest BCUT2D eigenvalue weighted by Crippen LogP contribution is -2.42. The molecule has 0 bridgehead atoms. The topological polar surface area (TPSA) is 61.4 Å². The van der Waals surface area contributed by atoms with E-state index >= 15 is 0 Å². The quantitative estimate of drug-likeness (QED) is 0.862. The van der Waals surface area contributed by atoms with E-state index in [9.17, 15) is 9.59 Å². The average Bonchev–Trinajstić information content (AvgIpc) is 2.81. The Morgan fingerprint density at radius 2 is 2.23 bits per heavy atom. The van der Waals surface area contributed by atoms with Crippen molar-refractivity contribution >= 4 is 34.9 Å². The highest BCUT2D eigenvalue weighted by Gasteiger charge is 2.16. The van der Waals surface area contributed by atoms with Crippen molar-refractivity contribution in [2.24, 2.45) is 0 Å². The number of rotatable bonds is 5. The first-order chi connectivity index (χ1) is 10.6. The normalized spacial score (nSPS) is 17.0. The summed E-state index contributed by atoms with van der Waals surface area (Å²) in [6.45, 7) is 3.76. The number of likely N-dealkylation sites (tertiary alicyclic amines) is 1. The van der Waals surface area contributed by atoms with Gasteiger partial charge < -0.3 is 15.5 Å². The van der Waals surface area contributed by atoms with Gasteiger partial charge in [0.2, 0.25) is 5.91 Å². The number of hydrogen-bond donors (Lipinski definition) is 2. The summed E-state index contributed by atoms with van der Waals surface area (Å²) < 4.78 is 0.712. The lowest BCUT2D eigenvalue weighted by Gasteiger charge is -2.21. The van der Waals surface area contributed by atoms with E-state index in [1.807, 2.05) is 24.0 Å². The van der Waals surface area contributed by atoms with Crippen LogP contribution in [0, 0.1) is 0 Å². The zero-order valence-electron chi connectivity index (χ0n) is 12.7. The van der Waals surface area contributed by atoms with Gasteiger partial charge in [0.25, 0.3) is 0 Å². The Hall–Kier alpha value is -1.27. The van der Waals surface area contributed by atoms with Gasteiger partial charge in [-0.25, -0.2) is 4.79 Å². The number of nitrogens with zero attached hydrogens (tertiary/aromatic N) is 1. The third kappa shape index (κ3) is 5.18. The van der Waals surface area contributed by atoms with E-state index in [-0.39, 0.29) is 18.0 Å². The summed E-state index contributed by atoms with van der Waals surface area (Å²) in [5.41, 5.74) is 0. The molecule has 0 saturated carbocycles. The van der Waals surface area contributed by atoms with Crippen molar-refractivity contribution in [3.05, 3.63) is 21.3 Å². The summed E-state index contributed by atoms with van der Waals surface area (Å²) >= 11 is 7.35. The predicted octanol–water partition coefficient (Wildman–Crippen LogP) is 3.16. The summed E-state index contributed by atoms with van der Waals surface area (Å²) in [5.74, 6) is 0.196. The molecule has 5 nitrogen and oxygen atoms in total. The average molecular weight is 344 g/mol. The Labute approximate surface area is 140 Å². The molecule has 22 heavy (non-hydrogen) atoms. The second-order valence-electron chi connectivity index (χ2n) is 5.46. The van der Waals surface area contributed by atoms with Gasteiger partial charge in [0.15, 0.2) is 0 Å². The fourth-order valence-electron chi connectivity index (χ4n) is 2.46. The summed E-state index contributed by atoms with van der Waals surface area (Å²) in [5, 5.41) is 5.68. The number of hydrogen-bond acceptors (Lipinski definition) is 3. The smallest absolute Gasteiger partial charge is 0.315 e. The van der Waals surface area contributed by atoms with Crippen molar-refractivity contribution in [3.8, 4) is 0 Å². The van der Waals surface area contributed by atoms with Gasteiger partial charge in [-0.05, 0) is 31.9 Å². The van der Waals surface area contributed by atoms with Crippen LogP contribution in [0.5, 0.6) is 0 Å². The Kier molecular flexibility index (Phi) is 6.51. The molecule has 2 N–H and O–H groups in total. The standard InChI is InChI=1S/C15H22ClN3O2S/c1-11(12-6-7-13(16)22-12)18-15(21)17-8-10-19-9-4-2-3-5-14(19)20/h6-7,11H,2-5,8-10H2,1H3,(H2,17,18,21)/t11-/m1/s1. The molecule has 2 rings (SSSR count). The Bertz CT molecular complexity index is 521. The van der Waals surface area contributed by atoms with Crippen LogP contribution in [0.2, 0.25) is 4.34 Å². The van der Waals surface area contributed by atoms with Crippen LogP contribution in [0.4, 0.5) is 4.79 Å². The molecule has 1 aromatic heterocycles. The minimum atomic E-state index is -0.223. The molecule has 0 aromatic carbocycles. The van der Waals surface area contributed by atoms with Crippen LogP contribution in [0.1, 0.15) is 43.5 Å². The monoisotopic (exact) mass is 343 g/mol. The maximum atomic E-state index is 11.9. The molecule has 1 aliphatic heterocycles. The van der Waals surface area contributed by atoms with Crippen molar-refractivity contribution in [1.29, 1.82) is 0 Å². The number of carbonyl (C=O) groups excluding carboxylic acids is 2. The van der Waals surface area contributed by atoms with Crippen molar-refractivity contribution in [2.45, 2.75) is 38.6 Å². The molecular formula is C15H22ClN3O2S. The van der Waals surface area contributed by atoms with Gasteiger partial charge in [-0.1, -0.05) is 18.0 Å². The second kappa shape index (κ2) is 8.39. The van der Waals surface area contributed by atoms with E-state index in [1.54, 1.807) is 0 Å².